The van der Waals surface area contributed by atoms with Crippen molar-refractivity contribution >= 4 is 0 Å². The van der Waals surface area contributed by atoms with Gasteiger partial charge in [0.05, 0.1) is 0 Å². The van der Waals surface area contributed by atoms with Gasteiger partial charge in [-0.15, -0.1) is 0 Å². The zero-order valence-electron chi connectivity index (χ0n) is 11.0. The summed E-state index contributed by atoms with van der Waals surface area (Å²) in [5.41, 5.74) is 6.24. The van der Waals surface area contributed by atoms with E-state index in [2.05, 4.69) is 18.7 Å². The first-order valence-electron chi connectivity index (χ1n) is 7.10. The van der Waals surface area contributed by atoms with Gasteiger partial charge in [-0.1, -0.05) is 25.7 Å². The minimum atomic E-state index is 0.388. The molecule has 16 heavy (non-hydrogen) atoms. The zero-order valence-corrected chi connectivity index (χ0v) is 11.0. The third kappa shape index (κ3) is 2.60. The number of hydrogen-bond donors (Lipinski definition) is 1. The number of likely N-dealkylation sites (tertiary alicyclic amines) is 1. The van der Waals surface area contributed by atoms with Gasteiger partial charge >= 0.3 is 0 Å². The van der Waals surface area contributed by atoms with E-state index in [1.165, 1.54) is 51.5 Å². The summed E-state index contributed by atoms with van der Waals surface area (Å²) in [6.07, 6.45) is 9.90. The fraction of sp³-hybridized carbons (Fsp3) is 1.00. The maximum absolute atomic E-state index is 5.85. The quantitative estimate of drug-likeness (QED) is 0.731. The SMILES string of the molecule is CC1(C)CC(CN)CN1C1CCCCCC1. The molecular formula is C14H28N2. The van der Waals surface area contributed by atoms with Gasteiger partial charge in [-0.05, 0) is 45.6 Å². The molecule has 0 aromatic carbocycles. The van der Waals surface area contributed by atoms with Gasteiger partial charge in [0, 0.05) is 18.1 Å². The van der Waals surface area contributed by atoms with Crippen molar-refractivity contribution in [2.75, 3.05) is 13.1 Å². The summed E-state index contributed by atoms with van der Waals surface area (Å²) in [6, 6.07) is 0.842. The summed E-state index contributed by atoms with van der Waals surface area (Å²) in [5.74, 6) is 0.734. The van der Waals surface area contributed by atoms with Gasteiger partial charge in [0.25, 0.3) is 0 Å². The Morgan fingerprint density at radius 1 is 1.12 bits per heavy atom. The molecule has 2 N–H and O–H groups in total. The van der Waals surface area contributed by atoms with E-state index >= 15 is 0 Å². The monoisotopic (exact) mass is 224 g/mol. The summed E-state index contributed by atoms with van der Waals surface area (Å²) >= 11 is 0. The van der Waals surface area contributed by atoms with Crippen LogP contribution in [-0.2, 0) is 0 Å². The molecule has 1 heterocycles. The van der Waals surface area contributed by atoms with Crippen molar-refractivity contribution in [1.82, 2.24) is 4.90 Å². The molecule has 1 aliphatic carbocycles. The highest BCUT2D eigenvalue weighted by atomic mass is 15.2. The van der Waals surface area contributed by atoms with Crippen LogP contribution in [0.15, 0.2) is 0 Å². The Balaban J connectivity index is 2.01. The minimum absolute atomic E-state index is 0.388. The lowest BCUT2D eigenvalue weighted by atomic mass is 9.95. The lowest BCUT2D eigenvalue weighted by Crippen LogP contribution is -2.45. The van der Waals surface area contributed by atoms with Crippen molar-refractivity contribution in [3.63, 3.8) is 0 Å². The van der Waals surface area contributed by atoms with Gasteiger partial charge in [0.2, 0.25) is 0 Å². The normalized spacial score (nSPS) is 32.8. The fourth-order valence-corrected chi connectivity index (χ4v) is 3.78. The Bertz CT molecular complexity index is 217. The molecule has 1 saturated carbocycles. The predicted molar refractivity (Wildman–Crippen MR) is 69.4 cm³/mol. The minimum Gasteiger partial charge on any atom is -0.330 e. The van der Waals surface area contributed by atoms with Crippen molar-refractivity contribution in [2.24, 2.45) is 11.7 Å². The van der Waals surface area contributed by atoms with Crippen LogP contribution in [0.25, 0.3) is 0 Å². The maximum atomic E-state index is 5.85. The van der Waals surface area contributed by atoms with E-state index in [0.717, 1.165) is 18.5 Å². The summed E-state index contributed by atoms with van der Waals surface area (Å²) in [5, 5.41) is 0. The van der Waals surface area contributed by atoms with E-state index in [0.29, 0.717) is 5.54 Å². The van der Waals surface area contributed by atoms with Crippen molar-refractivity contribution in [3.05, 3.63) is 0 Å². The van der Waals surface area contributed by atoms with Gasteiger partial charge in [-0.3, -0.25) is 4.90 Å². The average molecular weight is 224 g/mol. The second-order valence-electron chi connectivity index (χ2n) is 6.42. The van der Waals surface area contributed by atoms with E-state index in [4.69, 9.17) is 5.73 Å². The van der Waals surface area contributed by atoms with Gasteiger partial charge in [-0.25, -0.2) is 0 Å². The Hall–Kier alpha value is -0.0800. The van der Waals surface area contributed by atoms with Gasteiger partial charge < -0.3 is 5.73 Å². The van der Waals surface area contributed by atoms with Crippen molar-refractivity contribution < 1.29 is 0 Å². The van der Waals surface area contributed by atoms with Crippen LogP contribution in [0, 0.1) is 5.92 Å². The molecule has 0 aromatic rings. The topological polar surface area (TPSA) is 29.3 Å². The van der Waals surface area contributed by atoms with Crippen LogP contribution in [0.1, 0.15) is 58.8 Å². The highest BCUT2D eigenvalue weighted by Gasteiger charge is 2.40. The molecule has 2 aliphatic rings. The Kier molecular flexibility index (Phi) is 3.91. The van der Waals surface area contributed by atoms with Gasteiger partial charge in [0.15, 0.2) is 0 Å². The van der Waals surface area contributed by atoms with Crippen molar-refractivity contribution in [2.45, 2.75) is 70.4 Å². The van der Waals surface area contributed by atoms with E-state index in [1.807, 2.05) is 0 Å². The van der Waals surface area contributed by atoms with Crippen LogP contribution in [0.2, 0.25) is 0 Å². The molecule has 0 amide bonds. The van der Waals surface area contributed by atoms with E-state index in [1.54, 1.807) is 0 Å². The molecule has 2 fully saturated rings. The molecule has 0 spiro atoms. The third-order valence-electron chi connectivity index (χ3n) is 4.62. The molecule has 1 atom stereocenters. The molecule has 1 saturated heterocycles. The molecule has 1 aliphatic heterocycles. The first kappa shape index (κ1) is 12.4. The molecule has 2 rings (SSSR count). The molecule has 1 unspecified atom stereocenters. The number of nitrogens with zero attached hydrogens (tertiary/aromatic N) is 1. The van der Waals surface area contributed by atoms with Crippen LogP contribution in [0.3, 0.4) is 0 Å². The Morgan fingerprint density at radius 3 is 2.25 bits per heavy atom. The first-order valence-corrected chi connectivity index (χ1v) is 7.10. The number of nitrogens with two attached hydrogens (primary N) is 1. The summed E-state index contributed by atoms with van der Waals surface area (Å²) in [7, 11) is 0. The highest BCUT2D eigenvalue weighted by molar-refractivity contribution is 4.96. The summed E-state index contributed by atoms with van der Waals surface area (Å²) in [4.78, 5) is 2.77. The second kappa shape index (κ2) is 5.05. The Morgan fingerprint density at radius 2 is 1.75 bits per heavy atom. The smallest absolute Gasteiger partial charge is 0.0159 e. The fourth-order valence-electron chi connectivity index (χ4n) is 3.78. The first-order chi connectivity index (χ1) is 7.63. The molecular weight excluding hydrogens is 196 g/mol. The Labute approximate surface area is 101 Å². The van der Waals surface area contributed by atoms with Crippen LogP contribution in [0.4, 0.5) is 0 Å². The zero-order chi connectivity index (χ0) is 11.6. The van der Waals surface area contributed by atoms with Gasteiger partial charge in [0.1, 0.15) is 0 Å². The molecule has 2 nitrogen and oxygen atoms in total. The van der Waals surface area contributed by atoms with Crippen LogP contribution in [0.5, 0.6) is 0 Å². The average Bonchev–Trinajstić information content (AvgIpc) is 2.45. The van der Waals surface area contributed by atoms with Gasteiger partial charge in [-0.2, -0.15) is 0 Å². The van der Waals surface area contributed by atoms with Crippen LogP contribution in [-0.4, -0.2) is 29.6 Å². The highest BCUT2D eigenvalue weighted by Crippen LogP contribution is 2.37. The van der Waals surface area contributed by atoms with E-state index in [9.17, 15) is 0 Å². The lowest BCUT2D eigenvalue weighted by Gasteiger charge is -2.38. The van der Waals surface area contributed by atoms with E-state index in [-0.39, 0.29) is 0 Å². The summed E-state index contributed by atoms with van der Waals surface area (Å²) in [6.45, 7) is 6.93. The molecule has 0 bridgehead atoms. The predicted octanol–water partition coefficient (Wildman–Crippen LogP) is 2.77. The van der Waals surface area contributed by atoms with E-state index < -0.39 is 0 Å². The van der Waals surface area contributed by atoms with Crippen molar-refractivity contribution in [3.8, 4) is 0 Å². The van der Waals surface area contributed by atoms with Crippen molar-refractivity contribution in [1.29, 1.82) is 0 Å². The maximum Gasteiger partial charge on any atom is 0.0159 e. The number of hydrogen-bond acceptors (Lipinski definition) is 2. The molecule has 0 aromatic heterocycles. The molecule has 0 radical (unpaired) electrons. The van der Waals surface area contributed by atoms with Crippen LogP contribution < -0.4 is 5.73 Å². The standard InChI is InChI=1S/C14H28N2/c1-14(2)9-12(10-15)11-16(14)13-7-5-3-4-6-8-13/h12-13H,3-11,15H2,1-2H3. The second-order valence-corrected chi connectivity index (χ2v) is 6.42. The lowest BCUT2D eigenvalue weighted by molar-refractivity contribution is 0.104. The molecule has 2 heteroatoms. The summed E-state index contributed by atoms with van der Waals surface area (Å²) < 4.78 is 0. The third-order valence-corrected chi connectivity index (χ3v) is 4.62. The largest absolute Gasteiger partial charge is 0.330 e. The molecule has 94 valence electrons. The number of rotatable bonds is 2. The van der Waals surface area contributed by atoms with Crippen LogP contribution >= 0.6 is 0 Å².